The van der Waals surface area contributed by atoms with Gasteiger partial charge in [-0.15, -0.1) is 0 Å². The average molecular weight is 342 g/mol. The summed E-state index contributed by atoms with van der Waals surface area (Å²) >= 11 is 3.32. The number of halogens is 2. The standard InChI is InChI=1S/C15H17BrFNO2/c1-3-18-15(10-6-11(16)8-12(17)7-10)14-5-4-13(20-14)9-19-2/h4-8,15,18H,3,9H2,1-2H3. The molecule has 1 aromatic carbocycles. The minimum Gasteiger partial charge on any atom is -0.462 e. The SMILES string of the molecule is CCNC(c1cc(F)cc(Br)c1)c1ccc(COC)o1. The van der Waals surface area contributed by atoms with Crippen LogP contribution in [0.4, 0.5) is 4.39 Å². The zero-order chi connectivity index (χ0) is 14.5. The molecule has 1 N–H and O–H groups in total. The summed E-state index contributed by atoms with van der Waals surface area (Å²) in [7, 11) is 1.62. The summed E-state index contributed by atoms with van der Waals surface area (Å²) in [6, 6.07) is 8.41. The summed E-state index contributed by atoms with van der Waals surface area (Å²) in [6.45, 7) is 3.17. The Hall–Kier alpha value is -1.17. The average Bonchev–Trinajstić information content (AvgIpc) is 2.83. The van der Waals surface area contributed by atoms with E-state index in [9.17, 15) is 4.39 Å². The summed E-state index contributed by atoms with van der Waals surface area (Å²) in [5.74, 6) is 1.22. The molecule has 0 saturated heterocycles. The summed E-state index contributed by atoms with van der Waals surface area (Å²) in [4.78, 5) is 0. The molecule has 5 heteroatoms. The first kappa shape index (κ1) is 15.2. The van der Waals surface area contributed by atoms with Crippen molar-refractivity contribution in [2.75, 3.05) is 13.7 Å². The maximum atomic E-state index is 13.6. The van der Waals surface area contributed by atoms with Gasteiger partial charge in [0, 0.05) is 11.6 Å². The number of rotatable bonds is 6. The van der Waals surface area contributed by atoms with Crippen molar-refractivity contribution in [3.8, 4) is 0 Å². The van der Waals surface area contributed by atoms with Crippen LogP contribution < -0.4 is 5.32 Å². The lowest BCUT2D eigenvalue weighted by Crippen LogP contribution is -2.21. The van der Waals surface area contributed by atoms with E-state index < -0.39 is 0 Å². The molecule has 0 amide bonds. The van der Waals surface area contributed by atoms with Crippen molar-refractivity contribution >= 4 is 15.9 Å². The van der Waals surface area contributed by atoms with Gasteiger partial charge in [0.1, 0.15) is 23.9 Å². The summed E-state index contributed by atoms with van der Waals surface area (Å²) in [5, 5.41) is 3.30. The third-order valence-corrected chi connectivity index (χ3v) is 3.34. The molecule has 1 atom stereocenters. The highest BCUT2D eigenvalue weighted by atomic mass is 79.9. The molecule has 0 aliphatic heterocycles. The molecule has 2 rings (SSSR count). The Morgan fingerprint density at radius 1 is 1.35 bits per heavy atom. The molecule has 0 radical (unpaired) electrons. The van der Waals surface area contributed by atoms with Crippen molar-refractivity contribution in [3.63, 3.8) is 0 Å². The number of methoxy groups -OCH3 is 1. The predicted molar refractivity (Wildman–Crippen MR) is 79.0 cm³/mol. The van der Waals surface area contributed by atoms with Gasteiger partial charge in [-0.2, -0.15) is 0 Å². The number of hydrogen-bond acceptors (Lipinski definition) is 3. The Morgan fingerprint density at radius 2 is 2.15 bits per heavy atom. The molecule has 3 nitrogen and oxygen atoms in total. The van der Waals surface area contributed by atoms with E-state index in [4.69, 9.17) is 9.15 Å². The fourth-order valence-electron chi connectivity index (χ4n) is 2.10. The third kappa shape index (κ3) is 3.69. The van der Waals surface area contributed by atoms with Crippen LogP contribution in [0.3, 0.4) is 0 Å². The molecule has 0 aliphatic carbocycles. The van der Waals surface area contributed by atoms with Crippen LogP contribution in [0, 0.1) is 5.82 Å². The van der Waals surface area contributed by atoms with Crippen LogP contribution in [0.25, 0.3) is 0 Å². The maximum absolute atomic E-state index is 13.6. The number of furan rings is 1. The fourth-order valence-corrected chi connectivity index (χ4v) is 2.58. The molecule has 0 bridgehead atoms. The molecule has 0 fully saturated rings. The predicted octanol–water partition coefficient (Wildman–Crippen LogP) is 4.03. The lowest BCUT2D eigenvalue weighted by Gasteiger charge is -2.16. The van der Waals surface area contributed by atoms with Gasteiger partial charge in [-0.3, -0.25) is 0 Å². The van der Waals surface area contributed by atoms with Crippen molar-refractivity contribution < 1.29 is 13.5 Å². The monoisotopic (exact) mass is 341 g/mol. The third-order valence-electron chi connectivity index (χ3n) is 2.88. The van der Waals surface area contributed by atoms with Crippen molar-refractivity contribution in [2.24, 2.45) is 0 Å². The quantitative estimate of drug-likeness (QED) is 0.861. The van der Waals surface area contributed by atoms with E-state index in [2.05, 4.69) is 21.2 Å². The molecule has 1 heterocycles. The Balaban J connectivity index is 2.33. The highest BCUT2D eigenvalue weighted by molar-refractivity contribution is 9.10. The van der Waals surface area contributed by atoms with Crippen LogP contribution in [0.5, 0.6) is 0 Å². The van der Waals surface area contributed by atoms with E-state index in [1.54, 1.807) is 7.11 Å². The van der Waals surface area contributed by atoms with Crippen molar-refractivity contribution in [2.45, 2.75) is 19.6 Å². The molecular formula is C15H17BrFNO2. The van der Waals surface area contributed by atoms with Crippen LogP contribution in [-0.4, -0.2) is 13.7 Å². The smallest absolute Gasteiger partial charge is 0.129 e. The van der Waals surface area contributed by atoms with Crippen LogP contribution in [0.2, 0.25) is 0 Å². The zero-order valence-corrected chi connectivity index (χ0v) is 13.0. The molecule has 1 aromatic heterocycles. The first-order chi connectivity index (χ1) is 9.63. The normalized spacial score (nSPS) is 12.6. The van der Waals surface area contributed by atoms with E-state index in [-0.39, 0.29) is 11.9 Å². The summed E-state index contributed by atoms with van der Waals surface area (Å²) in [5.41, 5.74) is 0.817. The minimum absolute atomic E-state index is 0.183. The molecular weight excluding hydrogens is 325 g/mol. The van der Waals surface area contributed by atoms with E-state index >= 15 is 0 Å². The van der Waals surface area contributed by atoms with Gasteiger partial charge in [0.05, 0.1) is 6.04 Å². The van der Waals surface area contributed by atoms with Crippen LogP contribution >= 0.6 is 15.9 Å². The van der Waals surface area contributed by atoms with Gasteiger partial charge in [0.25, 0.3) is 0 Å². The Morgan fingerprint density at radius 3 is 2.80 bits per heavy atom. The van der Waals surface area contributed by atoms with Gasteiger partial charge in [-0.05, 0) is 42.4 Å². The number of hydrogen-bond donors (Lipinski definition) is 1. The van der Waals surface area contributed by atoms with Crippen molar-refractivity contribution in [3.05, 3.63) is 57.7 Å². The van der Waals surface area contributed by atoms with E-state index in [1.807, 2.05) is 25.1 Å². The largest absolute Gasteiger partial charge is 0.462 e. The fraction of sp³-hybridized carbons (Fsp3) is 0.333. The Kier molecular flexibility index (Phi) is 5.34. The van der Waals surface area contributed by atoms with Gasteiger partial charge in [0.15, 0.2) is 0 Å². The zero-order valence-electron chi connectivity index (χ0n) is 11.5. The Labute approximate surface area is 126 Å². The Bertz CT molecular complexity index is 551. The molecule has 2 aromatic rings. The molecule has 0 spiro atoms. The van der Waals surface area contributed by atoms with Gasteiger partial charge in [-0.25, -0.2) is 4.39 Å². The van der Waals surface area contributed by atoms with E-state index in [0.717, 1.165) is 23.6 Å². The lowest BCUT2D eigenvalue weighted by atomic mass is 10.0. The number of nitrogens with one attached hydrogen (secondary N) is 1. The highest BCUT2D eigenvalue weighted by Gasteiger charge is 2.18. The molecule has 0 saturated carbocycles. The van der Waals surface area contributed by atoms with Gasteiger partial charge < -0.3 is 14.5 Å². The van der Waals surface area contributed by atoms with E-state index in [0.29, 0.717) is 11.1 Å². The maximum Gasteiger partial charge on any atom is 0.129 e. The molecule has 108 valence electrons. The second-order valence-corrected chi connectivity index (χ2v) is 5.35. The lowest BCUT2D eigenvalue weighted by molar-refractivity contribution is 0.162. The van der Waals surface area contributed by atoms with E-state index in [1.165, 1.54) is 12.1 Å². The summed E-state index contributed by atoms with van der Waals surface area (Å²) < 4.78 is 25.1. The number of ether oxygens (including phenoxy) is 1. The second-order valence-electron chi connectivity index (χ2n) is 4.43. The summed E-state index contributed by atoms with van der Waals surface area (Å²) in [6.07, 6.45) is 0. The van der Waals surface area contributed by atoms with Gasteiger partial charge >= 0.3 is 0 Å². The van der Waals surface area contributed by atoms with Crippen LogP contribution in [-0.2, 0) is 11.3 Å². The number of benzene rings is 1. The van der Waals surface area contributed by atoms with Crippen molar-refractivity contribution in [1.82, 2.24) is 5.32 Å². The topological polar surface area (TPSA) is 34.4 Å². The molecule has 0 aliphatic rings. The molecule has 1 unspecified atom stereocenters. The van der Waals surface area contributed by atoms with Gasteiger partial charge in [-0.1, -0.05) is 22.9 Å². The minimum atomic E-state index is -0.277. The van der Waals surface area contributed by atoms with Gasteiger partial charge in [0.2, 0.25) is 0 Å². The second kappa shape index (κ2) is 7.02. The van der Waals surface area contributed by atoms with Crippen LogP contribution in [0.15, 0.2) is 39.2 Å². The highest BCUT2D eigenvalue weighted by Crippen LogP contribution is 2.27. The van der Waals surface area contributed by atoms with Crippen molar-refractivity contribution in [1.29, 1.82) is 0 Å². The molecule has 20 heavy (non-hydrogen) atoms. The van der Waals surface area contributed by atoms with Crippen LogP contribution in [0.1, 0.15) is 30.0 Å². The first-order valence-electron chi connectivity index (χ1n) is 6.41. The first-order valence-corrected chi connectivity index (χ1v) is 7.20.